The number of nitrogens with two attached hydrogens (primary N) is 1. The second-order valence-corrected chi connectivity index (χ2v) is 7.51. The summed E-state index contributed by atoms with van der Waals surface area (Å²) in [4.78, 5) is 24.9. The lowest BCUT2D eigenvalue weighted by atomic mass is 9.92. The fourth-order valence-corrected chi connectivity index (χ4v) is 3.83. The molecule has 0 aliphatic rings. The molecule has 0 aliphatic carbocycles. The molecule has 32 heavy (non-hydrogen) atoms. The van der Waals surface area contributed by atoms with Gasteiger partial charge in [0.15, 0.2) is 0 Å². The molecule has 4 nitrogen and oxygen atoms in total. The highest BCUT2D eigenvalue weighted by molar-refractivity contribution is 6.03. The molecule has 0 radical (unpaired) electrons. The predicted molar refractivity (Wildman–Crippen MR) is 117 cm³/mol. The molecule has 2 amide bonds. The summed E-state index contributed by atoms with van der Waals surface area (Å²) >= 11 is 0. The quantitative estimate of drug-likeness (QED) is 0.440. The van der Waals surface area contributed by atoms with Crippen molar-refractivity contribution in [1.82, 2.24) is 5.32 Å². The van der Waals surface area contributed by atoms with Crippen LogP contribution in [-0.4, -0.2) is 17.9 Å². The Morgan fingerprint density at radius 1 is 0.844 bits per heavy atom. The summed E-state index contributed by atoms with van der Waals surface area (Å²) in [7, 11) is 0. The Kier molecular flexibility index (Phi) is 5.57. The number of hydrogen-bond donors (Lipinski definition) is 2. The Morgan fingerprint density at radius 3 is 2.00 bits per heavy atom. The summed E-state index contributed by atoms with van der Waals surface area (Å²) in [6.45, 7) is 0. The lowest BCUT2D eigenvalue weighted by Crippen LogP contribution is -2.46. The number of rotatable bonds is 5. The second-order valence-electron chi connectivity index (χ2n) is 7.51. The summed E-state index contributed by atoms with van der Waals surface area (Å²) < 4.78 is 39.0. The highest BCUT2D eigenvalue weighted by atomic mass is 19.4. The monoisotopic (exact) mass is 436 g/mol. The number of benzene rings is 4. The highest BCUT2D eigenvalue weighted by Crippen LogP contribution is 2.31. The molecule has 4 aromatic rings. The van der Waals surface area contributed by atoms with Gasteiger partial charge in [0.2, 0.25) is 5.91 Å². The van der Waals surface area contributed by atoms with Crippen LogP contribution in [-0.2, 0) is 17.4 Å². The van der Waals surface area contributed by atoms with Crippen LogP contribution in [0.3, 0.4) is 0 Å². The number of nitrogens with one attached hydrogen (secondary N) is 1. The zero-order valence-corrected chi connectivity index (χ0v) is 16.8. The average molecular weight is 436 g/mol. The number of carbonyl (C=O) groups is 2. The second kappa shape index (κ2) is 8.34. The Labute approximate surface area is 181 Å². The Bertz CT molecular complexity index is 1280. The van der Waals surface area contributed by atoms with Crippen molar-refractivity contribution in [2.24, 2.45) is 5.73 Å². The number of hydrogen-bond acceptors (Lipinski definition) is 2. The Balaban J connectivity index is 1.70. The maximum absolute atomic E-state index is 13.0. The molecule has 0 saturated carbocycles. The summed E-state index contributed by atoms with van der Waals surface area (Å²) in [6.07, 6.45) is -4.48. The van der Waals surface area contributed by atoms with Crippen LogP contribution in [0, 0.1) is 0 Å². The molecule has 0 fully saturated rings. The van der Waals surface area contributed by atoms with Gasteiger partial charge < -0.3 is 11.1 Å². The van der Waals surface area contributed by atoms with Crippen molar-refractivity contribution in [1.29, 1.82) is 0 Å². The maximum atomic E-state index is 13.0. The Hall–Kier alpha value is -3.87. The number of fused-ring (bicyclic) bond motifs is 2. The minimum atomic E-state index is -4.58. The lowest BCUT2D eigenvalue weighted by Gasteiger charge is -2.19. The van der Waals surface area contributed by atoms with Crippen molar-refractivity contribution in [3.8, 4) is 0 Å². The predicted octanol–water partition coefficient (Wildman–Crippen LogP) is 4.84. The third kappa shape index (κ3) is 4.27. The fraction of sp³-hybridized carbons (Fsp3) is 0.120. The molecule has 0 aromatic heterocycles. The van der Waals surface area contributed by atoms with Crippen molar-refractivity contribution in [3.63, 3.8) is 0 Å². The van der Waals surface area contributed by atoms with Crippen LogP contribution in [0.2, 0.25) is 0 Å². The van der Waals surface area contributed by atoms with Gasteiger partial charge in [-0.2, -0.15) is 13.2 Å². The van der Waals surface area contributed by atoms with Gasteiger partial charge in [-0.25, -0.2) is 0 Å². The molecule has 4 aromatic carbocycles. The molecule has 0 aliphatic heterocycles. The number of alkyl halides is 3. The minimum absolute atomic E-state index is 0.0991. The van der Waals surface area contributed by atoms with Gasteiger partial charge in [-0.1, -0.05) is 54.6 Å². The summed E-state index contributed by atoms with van der Waals surface area (Å²) in [5.74, 6) is -1.58. The van der Waals surface area contributed by atoms with Gasteiger partial charge in [-0.05, 0) is 51.4 Å². The third-order valence-corrected chi connectivity index (χ3v) is 5.39. The van der Waals surface area contributed by atoms with Gasteiger partial charge >= 0.3 is 6.18 Å². The van der Waals surface area contributed by atoms with Crippen LogP contribution in [0.15, 0.2) is 78.9 Å². The number of carbonyl (C=O) groups excluding carboxylic acids is 2. The van der Waals surface area contributed by atoms with E-state index in [1.54, 1.807) is 0 Å². The van der Waals surface area contributed by atoms with Crippen molar-refractivity contribution < 1.29 is 22.8 Å². The first-order chi connectivity index (χ1) is 15.2. The average Bonchev–Trinajstić information content (AvgIpc) is 2.77. The van der Waals surface area contributed by atoms with Crippen molar-refractivity contribution in [2.45, 2.75) is 18.6 Å². The van der Waals surface area contributed by atoms with Gasteiger partial charge in [0.25, 0.3) is 5.91 Å². The van der Waals surface area contributed by atoms with Gasteiger partial charge in [-0.3, -0.25) is 9.59 Å². The van der Waals surface area contributed by atoms with Gasteiger partial charge in [0, 0.05) is 12.0 Å². The van der Waals surface area contributed by atoms with E-state index >= 15 is 0 Å². The van der Waals surface area contributed by atoms with Gasteiger partial charge in [0.1, 0.15) is 6.04 Å². The van der Waals surface area contributed by atoms with E-state index in [-0.39, 0.29) is 12.0 Å². The van der Waals surface area contributed by atoms with E-state index in [1.165, 1.54) is 6.07 Å². The summed E-state index contributed by atoms with van der Waals surface area (Å²) in [5, 5.41) is 6.26. The van der Waals surface area contributed by atoms with E-state index in [0.29, 0.717) is 0 Å². The molecule has 0 bridgehead atoms. The Morgan fingerprint density at radius 2 is 1.44 bits per heavy atom. The molecule has 0 heterocycles. The molecule has 0 spiro atoms. The molecule has 4 rings (SSSR count). The van der Waals surface area contributed by atoms with Crippen LogP contribution in [0.25, 0.3) is 21.5 Å². The topological polar surface area (TPSA) is 72.2 Å². The summed E-state index contributed by atoms with van der Waals surface area (Å²) in [6, 6.07) is 20.3. The molecule has 0 saturated heterocycles. The maximum Gasteiger partial charge on any atom is 0.416 e. The molecule has 1 atom stereocenters. The first-order valence-electron chi connectivity index (χ1n) is 9.91. The number of primary amides is 1. The van der Waals surface area contributed by atoms with Crippen LogP contribution in [0.4, 0.5) is 13.2 Å². The van der Waals surface area contributed by atoms with Crippen LogP contribution in [0.5, 0.6) is 0 Å². The van der Waals surface area contributed by atoms with Crippen molar-refractivity contribution >= 4 is 33.4 Å². The van der Waals surface area contributed by atoms with E-state index in [4.69, 9.17) is 5.73 Å². The molecule has 7 heteroatoms. The number of amides is 2. The highest BCUT2D eigenvalue weighted by Gasteiger charge is 2.31. The SMILES string of the molecule is NC(=O)[C@H](Cc1c2ccccc2cc2ccccc12)NC(=O)c1cccc(C(F)(F)F)c1. The van der Waals surface area contributed by atoms with E-state index in [0.717, 1.165) is 45.3 Å². The van der Waals surface area contributed by atoms with Crippen LogP contribution in [0.1, 0.15) is 21.5 Å². The van der Waals surface area contributed by atoms with Crippen molar-refractivity contribution in [2.75, 3.05) is 0 Å². The molecular weight excluding hydrogens is 417 g/mol. The van der Waals surface area contributed by atoms with E-state index < -0.39 is 29.6 Å². The third-order valence-electron chi connectivity index (χ3n) is 5.39. The zero-order valence-electron chi connectivity index (χ0n) is 16.8. The molecule has 0 unspecified atom stereocenters. The van der Waals surface area contributed by atoms with Crippen molar-refractivity contribution in [3.05, 3.63) is 95.6 Å². The molecular formula is C25H19F3N2O2. The van der Waals surface area contributed by atoms with Gasteiger partial charge in [0.05, 0.1) is 5.56 Å². The van der Waals surface area contributed by atoms with E-state index in [2.05, 4.69) is 5.32 Å². The molecule has 162 valence electrons. The first kappa shape index (κ1) is 21.4. The number of halogens is 3. The zero-order chi connectivity index (χ0) is 22.9. The lowest BCUT2D eigenvalue weighted by molar-refractivity contribution is -0.137. The standard InChI is InChI=1S/C25H19F3N2O2/c26-25(27,28)18-9-5-8-17(13-18)24(32)30-22(23(29)31)14-21-19-10-3-1-6-15(19)12-16-7-2-4-11-20(16)21/h1-13,22H,14H2,(H2,29,31)(H,30,32)/t22-/m0/s1. The van der Waals surface area contributed by atoms with E-state index in [9.17, 15) is 22.8 Å². The first-order valence-corrected chi connectivity index (χ1v) is 9.91. The fourth-order valence-electron chi connectivity index (χ4n) is 3.83. The van der Waals surface area contributed by atoms with Crippen LogP contribution >= 0.6 is 0 Å². The molecule has 3 N–H and O–H groups in total. The normalized spacial score (nSPS) is 12.6. The minimum Gasteiger partial charge on any atom is -0.368 e. The van der Waals surface area contributed by atoms with Crippen LogP contribution < -0.4 is 11.1 Å². The largest absolute Gasteiger partial charge is 0.416 e. The summed E-state index contributed by atoms with van der Waals surface area (Å²) in [5.41, 5.74) is 5.25. The van der Waals surface area contributed by atoms with E-state index in [1.807, 2.05) is 54.6 Å². The smallest absolute Gasteiger partial charge is 0.368 e. The van der Waals surface area contributed by atoms with Gasteiger partial charge in [-0.15, -0.1) is 0 Å².